The zero-order chi connectivity index (χ0) is 30.3. The average Bonchev–Trinajstić information content (AvgIpc) is 2.97. The number of hydrazine groups is 1. The molecule has 0 spiro atoms. The Kier molecular flexibility index (Phi) is 11.9. The number of aromatic nitrogens is 1. The van der Waals surface area contributed by atoms with Crippen LogP contribution in [0.1, 0.15) is 83.9 Å². The number of piperidine rings is 1. The SMILES string of the molecule is CC.CNC1C=CC(c2ccnc(C)c2/C=C(\C)CN2CCC(c3ccc(C(=O)N(C)C)cc3C)CC2)N(C)N1C. The van der Waals surface area contributed by atoms with Crippen molar-refractivity contribution >= 4 is 12.0 Å². The van der Waals surface area contributed by atoms with Gasteiger partial charge >= 0.3 is 0 Å². The number of pyridine rings is 1. The number of hydrogen-bond acceptors (Lipinski definition) is 6. The second-order valence-corrected chi connectivity index (χ2v) is 11.4. The number of hydrogen-bond donors (Lipinski definition) is 1. The fourth-order valence-corrected chi connectivity index (χ4v) is 6.06. The van der Waals surface area contributed by atoms with Gasteiger partial charge in [0.15, 0.2) is 0 Å². The first kappa shape index (κ1) is 32.7. The summed E-state index contributed by atoms with van der Waals surface area (Å²) in [6.07, 6.45) is 11.3. The maximum atomic E-state index is 12.3. The van der Waals surface area contributed by atoms with Gasteiger partial charge < -0.3 is 10.2 Å². The molecule has 2 atom stereocenters. The van der Waals surface area contributed by atoms with Gasteiger partial charge in [-0.3, -0.25) is 14.7 Å². The number of rotatable bonds is 7. The highest BCUT2D eigenvalue weighted by atomic mass is 16.2. The highest BCUT2D eigenvalue weighted by Gasteiger charge is 2.28. The van der Waals surface area contributed by atoms with Crippen molar-refractivity contribution in [2.75, 3.05) is 54.9 Å². The van der Waals surface area contributed by atoms with Crippen molar-refractivity contribution in [2.45, 2.75) is 65.6 Å². The van der Waals surface area contributed by atoms with Gasteiger partial charge in [-0.25, -0.2) is 10.0 Å². The number of aryl methyl sites for hydroxylation is 2. The van der Waals surface area contributed by atoms with Crippen molar-refractivity contribution in [2.24, 2.45) is 0 Å². The quantitative estimate of drug-likeness (QED) is 0.442. The van der Waals surface area contributed by atoms with Gasteiger partial charge in [-0.2, -0.15) is 0 Å². The summed E-state index contributed by atoms with van der Waals surface area (Å²) < 4.78 is 0. The van der Waals surface area contributed by atoms with Crippen molar-refractivity contribution in [1.29, 1.82) is 0 Å². The first-order valence-corrected chi connectivity index (χ1v) is 15.1. The van der Waals surface area contributed by atoms with Crippen molar-refractivity contribution in [1.82, 2.24) is 30.1 Å². The van der Waals surface area contributed by atoms with E-state index in [1.807, 2.05) is 33.2 Å². The minimum absolute atomic E-state index is 0.0640. The van der Waals surface area contributed by atoms with Crippen LogP contribution in [-0.2, 0) is 0 Å². The maximum Gasteiger partial charge on any atom is 0.253 e. The van der Waals surface area contributed by atoms with Crippen LogP contribution in [0.2, 0.25) is 0 Å². The summed E-state index contributed by atoms with van der Waals surface area (Å²) in [5.74, 6) is 0.613. The number of benzene rings is 1. The molecular formula is C34H52N6O. The van der Waals surface area contributed by atoms with Gasteiger partial charge in [0.05, 0.1) is 12.2 Å². The number of amides is 1. The summed E-state index contributed by atoms with van der Waals surface area (Å²) in [5.41, 5.74) is 8.33. The molecule has 1 aromatic carbocycles. The van der Waals surface area contributed by atoms with Crippen LogP contribution in [0.5, 0.6) is 0 Å². The zero-order valence-corrected chi connectivity index (χ0v) is 27.0. The Morgan fingerprint density at radius 3 is 2.34 bits per heavy atom. The number of carbonyl (C=O) groups excluding carboxylic acids is 1. The Balaban J connectivity index is 0.00000226. The second kappa shape index (κ2) is 14.9. The Morgan fingerprint density at radius 1 is 1.05 bits per heavy atom. The topological polar surface area (TPSA) is 55.0 Å². The van der Waals surface area contributed by atoms with E-state index in [9.17, 15) is 4.79 Å². The molecule has 0 saturated carbocycles. The Morgan fingerprint density at radius 2 is 1.73 bits per heavy atom. The molecule has 1 saturated heterocycles. The normalized spacial score (nSPS) is 21.0. The lowest BCUT2D eigenvalue weighted by Gasteiger charge is -2.42. The molecule has 7 nitrogen and oxygen atoms in total. The molecule has 7 heteroatoms. The van der Waals surface area contributed by atoms with E-state index in [0.29, 0.717) is 5.92 Å². The molecule has 0 radical (unpaired) electrons. The molecule has 1 amide bonds. The third-order valence-corrected chi connectivity index (χ3v) is 8.43. The summed E-state index contributed by atoms with van der Waals surface area (Å²) in [5, 5.41) is 7.87. The molecule has 3 heterocycles. The molecule has 2 aliphatic rings. The van der Waals surface area contributed by atoms with Gasteiger partial charge in [-0.1, -0.05) is 43.7 Å². The summed E-state index contributed by atoms with van der Waals surface area (Å²) in [6, 6.07) is 8.56. The molecule has 224 valence electrons. The minimum Gasteiger partial charge on any atom is -0.345 e. The molecule has 1 fully saturated rings. The monoisotopic (exact) mass is 560 g/mol. The predicted molar refractivity (Wildman–Crippen MR) is 172 cm³/mol. The second-order valence-electron chi connectivity index (χ2n) is 11.4. The Labute approximate surface area is 248 Å². The van der Waals surface area contributed by atoms with Crippen molar-refractivity contribution in [3.63, 3.8) is 0 Å². The summed E-state index contributed by atoms with van der Waals surface area (Å²) in [7, 11) is 9.86. The van der Waals surface area contributed by atoms with Crippen LogP contribution in [0.4, 0.5) is 0 Å². The fraction of sp³-hybridized carbons (Fsp3) is 0.529. The lowest BCUT2D eigenvalue weighted by atomic mass is 9.86. The third-order valence-electron chi connectivity index (χ3n) is 8.43. The van der Waals surface area contributed by atoms with Crippen LogP contribution < -0.4 is 5.32 Å². The van der Waals surface area contributed by atoms with E-state index in [1.54, 1.807) is 19.0 Å². The number of nitrogens with zero attached hydrogens (tertiary/aromatic N) is 5. The third kappa shape index (κ3) is 7.72. The van der Waals surface area contributed by atoms with Crippen LogP contribution >= 0.6 is 0 Å². The standard InChI is InChI=1S/C32H46N6O.C2H6/c1-22(19-29-24(3)34-16-13-28(29)30-11-12-31(33-4)37(8)36(30)7)21-38-17-14-25(15-18-38)27-10-9-26(20-23(27)2)32(39)35(5)6;1-2/h9-13,16,19-20,25,30-31,33H,14-15,17-18,21H2,1-8H3;1-2H3/b22-19+;. The maximum absolute atomic E-state index is 12.3. The summed E-state index contributed by atoms with van der Waals surface area (Å²) in [6.45, 7) is 13.6. The van der Waals surface area contributed by atoms with E-state index >= 15 is 0 Å². The number of likely N-dealkylation sites (N-methyl/N-ethyl adjacent to an activating group) is 3. The van der Waals surface area contributed by atoms with Crippen LogP contribution in [0.15, 0.2) is 48.2 Å². The molecule has 1 N–H and O–H groups in total. The van der Waals surface area contributed by atoms with E-state index in [-0.39, 0.29) is 18.1 Å². The summed E-state index contributed by atoms with van der Waals surface area (Å²) in [4.78, 5) is 21.2. The molecule has 2 unspecified atom stereocenters. The van der Waals surface area contributed by atoms with Crippen molar-refractivity contribution in [3.05, 3.63) is 81.7 Å². The van der Waals surface area contributed by atoms with Gasteiger partial charge in [-0.05, 0) is 94.6 Å². The molecule has 2 aromatic rings. The lowest BCUT2D eigenvalue weighted by Crippen LogP contribution is -2.52. The average molecular weight is 561 g/mol. The van der Waals surface area contributed by atoms with E-state index < -0.39 is 0 Å². The van der Waals surface area contributed by atoms with Gasteiger partial charge in [0, 0.05) is 57.8 Å². The molecule has 4 rings (SSSR count). The molecule has 0 aliphatic carbocycles. The van der Waals surface area contributed by atoms with Gasteiger partial charge in [0.25, 0.3) is 5.91 Å². The highest BCUT2D eigenvalue weighted by molar-refractivity contribution is 5.94. The van der Waals surface area contributed by atoms with Gasteiger partial charge in [0.1, 0.15) is 0 Å². The molecular weight excluding hydrogens is 508 g/mol. The minimum atomic E-state index is 0.0640. The number of nitrogens with one attached hydrogen (secondary N) is 1. The first-order valence-electron chi connectivity index (χ1n) is 15.1. The molecule has 41 heavy (non-hydrogen) atoms. The van der Waals surface area contributed by atoms with E-state index in [0.717, 1.165) is 43.7 Å². The van der Waals surface area contributed by atoms with Crippen LogP contribution in [0.3, 0.4) is 0 Å². The van der Waals surface area contributed by atoms with Gasteiger partial charge in [0.2, 0.25) is 0 Å². The van der Waals surface area contributed by atoms with E-state index in [1.165, 1.54) is 27.8 Å². The first-order chi connectivity index (χ1) is 19.6. The molecule has 2 aliphatic heterocycles. The van der Waals surface area contributed by atoms with Crippen molar-refractivity contribution < 1.29 is 4.79 Å². The van der Waals surface area contributed by atoms with Crippen LogP contribution in [0.25, 0.3) is 6.08 Å². The largest absolute Gasteiger partial charge is 0.345 e. The predicted octanol–water partition coefficient (Wildman–Crippen LogP) is 5.64. The number of likely N-dealkylation sites (tertiary alicyclic amines) is 1. The molecule has 1 aromatic heterocycles. The Bertz CT molecular complexity index is 1230. The fourth-order valence-electron chi connectivity index (χ4n) is 6.06. The van der Waals surface area contributed by atoms with Gasteiger partial charge in [-0.15, -0.1) is 0 Å². The van der Waals surface area contributed by atoms with Crippen LogP contribution in [-0.4, -0.2) is 91.7 Å². The zero-order valence-electron chi connectivity index (χ0n) is 27.0. The lowest BCUT2D eigenvalue weighted by molar-refractivity contribution is -0.0397. The van der Waals surface area contributed by atoms with E-state index in [4.69, 9.17) is 0 Å². The van der Waals surface area contributed by atoms with E-state index in [2.05, 4.69) is 96.5 Å². The Hall–Kier alpha value is -2.84. The number of carbonyl (C=O) groups is 1. The smallest absolute Gasteiger partial charge is 0.253 e. The molecule has 0 bridgehead atoms. The highest BCUT2D eigenvalue weighted by Crippen LogP contribution is 2.33. The van der Waals surface area contributed by atoms with Crippen LogP contribution in [0, 0.1) is 13.8 Å². The summed E-state index contributed by atoms with van der Waals surface area (Å²) >= 11 is 0. The van der Waals surface area contributed by atoms with Crippen molar-refractivity contribution in [3.8, 4) is 0 Å².